The standard InChI is InChI=1S/C11H17ClO5SSi.3C11H18O6SSi.5CHF3O3S.Na.4O2Si.2Sc/c4*1-15-19(16-2,17-3)9-8-10-4-6-11(7-5-10)18(12,13)14;5*2-1(3,4)8(5,6)7;;4*1-3-2;;/h4-7H,8-9H2,1-3H3;3*4-7H,8-9H2,1-3H3,(H,12,13,14);5*(H,5,6,7);;;;;;;/q;;;;;;;;;+1;;;;;;/p-1. The predicted molar refractivity (Wildman–Crippen MR) is 404 cm³/mol. The summed E-state index contributed by atoms with van der Waals surface area (Å²) in [5.74, 6) is 0. The van der Waals surface area contributed by atoms with Crippen LogP contribution in [0.3, 0.4) is 0 Å². The van der Waals surface area contributed by atoms with E-state index in [1.54, 1.807) is 113 Å². The fourth-order valence-corrected chi connectivity index (χ4v) is 15.7. The van der Waals surface area contributed by atoms with Gasteiger partial charge in [-0.2, -0.15) is 125 Å². The van der Waals surface area contributed by atoms with E-state index < -0.39 is 190 Å². The van der Waals surface area contributed by atoms with Gasteiger partial charge in [0.05, 0.1) is 19.6 Å². The van der Waals surface area contributed by atoms with Gasteiger partial charge >= 0.3 is 180 Å². The average molecular weight is 2350 g/mol. The van der Waals surface area contributed by atoms with Crippen LogP contribution in [0.25, 0.3) is 0 Å². The van der Waals surface area contributed by atoms with Gasteiger partial charge in [-0.1, -0.05) is 48.5 Å². The monoisotopic (exact) mass is 2340 g/mol. The maximum absolute atomic E-state index is 11.1. The molecule has 7 N–H and O–H groups in total. The Hall–Kier alpha value is -2.25. The number of alkyl halides is 15. The molecule has 4 aromatic rings. The minimum atomic E-state index is -5.84. The van der Waals surface area contributed by atoms with Crippen LogP contribution in [-0.2, 0) is 256 Å². The van der Waals surface area contributed by atoms with Crippen molar-refractivity contribution < 1.29 is 348 Å². The minimum absolute atomic E-state index is 0. The summed E-state index contributed by atoms with van der Waals surface area (Å²) in [6, 6.07) is 26.6. The van der Waals surface area contributed by atoms with Gasteiger partial charge in [0.2, 0.25) is 0 Å². The van der Waals surface area contributed by atoms with Gasteiger partial charge in [-0.3, -0.25) is 67.6 Å². The van der Waals surface area contributed by atoms with E-state index in [9.17, 15) is 104 Å². The zero-order valence-electron chi connectivity index (χ0n) is 68.3. The van der Waals surface area contributed by atoms with Gasteiger partial charge < -0.3 is 57.7 Å². The number of halogens is 16. The fraction of sp³-hybridized carbons (Fsp3) is 0.510. The molecule has 0 fully saturated rings. The molecule has 0 amide bonds. The largest absolute Gasteiger partial charge is 1.00 e. The van der Waals surface area contributed by atoms with Crippen molar-refractivity contribution in [3.8, 4) is 0 Å². The van der Waals surface area contributed by atoms with E-state index in [4.69, 9.17) is 173 Å². The summed E-state index contributed by atoms with van der Waals surface area (Å²) < 4.78 is 534. The first-order valence-corrected chi connectivity index (χ1v) is 55.2. The first-order chi connectivity index (χ1) is 57.4. The van der Waals surface area contributed by atoms with Crippen LogP contribution in [0.5, 0.6) is 0 Å². The van der Waals surface area contributed by atoms with Crippen molar-refractivity contribution in [2.45, 2.75) is 97.0 Å². The summed E-state index contributed by atoms with van der Waals surface area (Å²) in [6.45, 7) is 0. The summed E-state index contributed by atoms with van der Waals surface area (Å²) in [7, 11) is -37.9. The molecular formula is C49H75ClF15NaO46S9Sc2Si8. The molecule has 46 nitrogen and oxygen atoms in total. The van der Waals surface area contributed by atoms with Crippen molar-refractivity contribution in [3.05, 3.63) is 119 Å². The molecule has 4 aromatic carbocycles. The first kappa shape index (κ1) is 154. The number of aryl methyl sites for hydroxylation is 4. The third-order valence-electron chi connectivity index (χ3n) is 12.9. The van der Waals surface area contributed by atoms with Gasteiger partial charge in [0.15, 0.2) is 0 Å². The third kappa shape index (κ3) is 72.6. The van der Waals surface area contributed by atoms with E-state index in [1.165, 1.54) is 69.9 Å². The second-order valence-electron chi connectivity index (χ2n) is 20.5. The Morgan fingerprint density at radius 1 is 0.275 bits per heavy atom. The molecule has 0 aliphatic heterocycles. The van der Waals surface area contributed by atoms with Crippen LogP contribution in [0.1, 0.15) is 22.3 Å². The maximum Gasteiger partial charge on any atom is 1.00 e. The minimum Gasteiger partial charge on any atom is -0.744 e. The van der Waals surface area contributed by atoms with Crippen LogP contribution in [0.4, 0.5) is 65.9 Å². The molecule has 0 saturated carbocycles. The molecule has 0 aliphatic rings. The van der Waals surface area contributed by atoms with Crippen molar-refractivity contribution >= 4 is 173 Å². The maximum atomic E-state index is 11.1. The number of hydrogen-bond donors (Lipinski definition) is 7. The molecule has 82 heteroatoms. The first-order valence-electron chi connectivity index (χ1n) is 30.4. The smallest absolute Gasteiger partial charge is 0.744 e. The van der Waals surface area contributed by atoms with Gasteiger partial charge in [-0.05, 0) is 96.5 Å². The Morgan fingerprint density at radius 3 is 0.466 bits per heavy atom. The fourth-order valence-electron chi connectivity index (χ4n) is 6.71. The number of rotatable bonds is 28. The second-order valence-corrected chi connectivity index (χ2v) is 47.4. The Balaban J connectivity index is -0.000000122. The second kappa shape index (κ2) is 71.2. The van der Waals surface area contributed by atoms with E-state index in [0.717, 1.165) is 22.3 Å². The number of hydrogen-bond acceptors (Lipinski definition) is 39. The van der Waals surface area contributed by atoms with Crippen LogP contribution in [0.15, 0.2) is 117 Å². The van der Waals surface area contributed by atoms with Crippen molar-refractivity contribution in [1.29, 1.82) is 0 Å². The molecule has 0 spiro atoms. The van der Waals surface area contributed by atoms with E-state index in [1.807, 2.05) is 0 Å². The molecule has 0 aliphatic carbocycles. The van der Waals surface area contributed by atoms with Crippen LogP contribution < -0.4 is 29.6 Å². The molecule has 0 aromatic heterocycles. The Labute approximate surface area is 814 Å². The molecule has 0 atom stereocenters. The molecule has 0 saturated heterocycles. The summed E-state index contributed by atoms with van der Waals surface area (Å²) in [5, 5.41) is 0. The van der Waals surface area contributed by atoms with Crippen LogP contribution in [0.2, 0.25) is 24.2 Å². The Bertz CT molecular complexity index is 4420. The molecule has 0 heterocycles. The molecule has 752 valence electrons. The molecular weight excluding hydrogens is 2270 g/mol. The number of benzene rings is 4. The van der Waals surface area contributed by atoms with Crippen molar-refractivity contribution in [2.75, 3.05) is 85.3 Å². The average Bonchev–Trinajstić information content (AvgIpc) is 0.847. The van der Waals surface area contributed by atoms with Gasteiger partial charge in [-0.25, -0.2) is 16.8 Å². The van der Waals surface area contributed by atoms with Gasteiger partial charge in [0.1, 0.15) is 10.1 Å². The summed E-state index contributed by atoms with van der Waals surface area (Å²) in [5.41, 5.74) is -24.0. The molecule has 0 bridgehead atoms. The summed E-state index contributed by atoms with van der Waals surface area (Å²) in [4.78, 5) is -0.383. The van der Waals surface area contributed by atoms with E-state index in [0.29, 0.717) is 49.9 Å². The van der Waals surface area contributed by atoms with Crippen LogP contribution in [-0.4, -0.2) is 297 Å². The molecule has 2 radical (unpaired) electrons. The molecule has 4 rings (SSSR count). The molecule has 131 heavy (non-hydrogen) atoms. The van der Waals surface area contributed by atoms with Gasteiger partial charge in [0.25, 0.3) is 29.3 Å². The van der Waals surface area contributed by atoms with E-state index in [2.05, 4.69) is 0 Å². The summed E-state index contributed by atoms with van der Waals surface area (Å²) in [6.07, 6.45) is 2.55. The van der Waals surface area contributed by atoms with Crippen LogP contribution >= 0.6 is 10.7 Å². The Kier molecular flexibility index (Phi) is 83.8. The quantitative estimate of drug-likeness (QED) is 0.0141. The zero-order chi connectivity index (χ0) is 104. The van der Waals surface area contributed by atoms with Gasteiger partial charge in [0, 0.05) is 172 Å². The predicted octanol–water partition coefficient (Wildman–Crippen LogP) is 2.25. The van der Waals surface area contributed by atoms with Crippen molar-refractivity contribution in [1.82, 2.24) is 0 Å². The molecule has 0 unspecified atom stereocenters. The topological polar surface area (TPSA) is 719 Å². The SMILES string of the molecule is CO[Si](CCc1ccc(S(=O)(=O)Cl)cc1)(OC)OC.CO[Si](CCc1ccc(S(=O)(=O)O)cc1)(OC)OC.CO[Si](CCc1ccc(S(=O)(=O)O)cc1)(OC)OC.CO[Si](CCc1ccc(S(=O)(=O)[O-])cc1)(OC)OC.O=S(=O)(O)C(F)(F)F.O=S(=O)(O)C(F)(F)F.O=S(=O)(O)C(F)(F)F.O=S(=O)(O)C(F)(F)F.O=S(=O)(O)C(F)(F)F.O=[Si]=O.O=[Si]=O.O=[Si]=O.O=[Si]=O.[Na+].[Sc].[Sc]. The van der Waals surface area contributed by atoms with Crippen molar-refractivity contribution in [3.63, 3.8) is 0 Å². The zero-order valence-corrected chi connectivity index (χ0v) is 90.0. The van der Waals surface area contributed by atoms with Crippen molar-refractivity contribution in [2.24, 2.45) is 0 Å². The summed E-state index contributed by atoms with van der Waals surface area (Å²) >= 11 is 0. The Morgan fingerprint density at radius 2 is 0.382 bits per heavy atom. The van der Waals surface area contributed by atoms with E-state index in [-0.39, 0.29) is 101 Å². The van der Waals surface area contributed by atoms with E-state index >= 15 is 0 Å². The third-order valence-corrected chi connectivity index (χ3v) is 30.7. The van der Waals surface area contributed by atoms with Crippen LogP contribution in [0, 0.1) is 0 Å². The van der Waals surface area contributed by atoms with Gasteiger partial charge in [-0.15, -0.1) is 0 Å². The normalized spacial score (nSPS) is 11.8.